The molecule has 0 heterocycles. The number of amides is 3. The zero-order chi connectivity index (χ0) is 20.5. The van der Waals surface area contributed by atoms with Crippen LogP contribution >= 0.6 is 0 Å². The summed E-state index contributed by atoms with van der Waals surface area (Å²) in [5.74, 6) is -1.58. The maximum absolute atomic E-state index is 12.8. The van der Waals surface area contributed by atoms with Gasteiger partial charge in [-0.1, -0.05) is 60.7 Å². The van der Waals surface area contributed by atoms with Crippen molar-refractivity contribution in [2.24, 2.45) is 11.5 Å². The number of rotatable bonds is 9. The first-order valence-corrected chi connectivity index (χ1v) is 9.10. The lowest BCUT2D eigenvalue weighted by molar-refractivity contribution is -0.131. The van der Waals surface area contributed by atoms with Crippen LogP contribution in [0.25, 0.3) is 0 Å². The van der Waals surface area contributed by atoms with E-state index in [0.717, 1.165) is 11.1 Å². The monoisotopic (exact) mass is 382 g/mol. The summed E-state index contributed by atoms with van der Waals surface area (Å²) >= 11 is 0. The van der Waals surface area contributed by atoms with Crippen molar-refractivity contribution >= 4 is 17.7 Å². The van der Waals surface area contributed by atoms with Crippen LogP contribution in [0.2, 0.25) is 0 Å². The van der Waals surface area contributed by atoms with Crippen LogP contribution in [0, 0.1) is 0 Å². The van der Waals surface area contributed by atoms with Gasteiger partial charge in [0.05, 0.1) is 6.04 Å². The van der Waals surface area contributed by atoms with Crippen molar-refractivity contribution in [3.63, 3.8) is 0 Å². The molecule has 28 heavy (non-hydrogen) atoms. The number of nitrogens with two attached hydrogens (primary N) is 2. The Morgan fingerprint density at radius 1 is 0.786 bits per heavy atom. The number of carbonyl (C=O) groups excluding carboxylic acids is 3. The lowest BCUT2D eigenvalue weighted by atomic mass is 10.0. The largest absolute Gasteiger partial charge is 0.368 e. The van der Waals surface area contributed by atoms with Gasteiger partial charge in [0.1, 0.15) is 12.1 Å². The van der Waals surface area contributed by atoms with Crippen molar-refractivity contribution in [3.8, 4) is 0 Å². The molecular weight excluding hydrogens is 356 g/mol. The zero-order valence-electron chi connectivity index (χ0n) is 15.8. The highest BCUT2D eigenvalue weighted by atomic mass is 16.2. The molecule has 0 aliphatic rings. The molecule has 0 spiro atoms. The van der Waals surface area contributed by atoms with Gasteiger partial charge in [-0.25, -0.2) is 0 Å². The second kappa shape index (κ2) is 10.2. The molecule has 3 atom stereocenters. The molecule has 0 aromatic heterocycles. The Bertz CT molecular complexity index is 794. The smallest absolute Gasteiger partial charge is 0.243 e. The second-order valence-electron chi connectivity index (χ2n) is 6.69. The molecule has 0 bridgehead atoms. The first-order chi connectivity index (χ1) is 13.4. The fraction of sp³-hybridized carbons (Fsp3) is 0.286. The van der Waals surface area contributed by atoms with Crippen LogP contribution in [0.4, 0.5) is 0 Å². The van der Waals surface area contributed by atoms with E-state index in [2.05, 4.69) is 10.6 Å². The summed E-state index contributed by atoms with van der Waals surface area (Å²) in [6, 6.07) is 16.0. The van der Waals surface area contributed by atoms with E-state index in [-0.39, 0.29) is 12.8 Å². The molecule has 148 valence electrons. The summed E-state index contributed by atoms with van der Waals surface area (Å²) in [4.78, 5) is 36.7. The first kappa shape index (κ1) is 21.1. The Morgan fingerprint density at radius 2 is 1.21 bits per heavy atom. The maximum Gasteiger partial charge on any atom is 0.243 e. The third-order valence-corrected chi connectivity index (χ3v) is 4.27. The van der Waals surface area contributed by atoms with Gasteiger partial charge in [-0.15, -0.1) is 0 Å². The molecule has 6 N–H and O–H groups in total. The molecule has 0 radical (unpaired) electrons. The molecule has 2 aromatic carbocycles. The second-order valence-corrected chi connectivity index (χ2v) is 6.69. The minimum atomic E-state index is -0.889. The number of hydrogen-bond donors (Lipinski definition) is 4. The molecule has 7 heteroatoms. The maximum atomic E-state index is 12.8. The topological polar surface area (TPSA) is 127 Å². The van der Waals surface area contributed by atoms with E-state index >= 15 is 0 Å². The molecule has 2 aromatic rings. The van der Waals surface area contributed by atoms with E-state index in [0.29, 0.717) is 0 Å². The Hall–Kier alpha value is -3.19. The van der Waals surface area contributed by atoms with Crippen molar-refractivity contribution in [3.05, 3.63) is 71.8 Å². The first-order valence-electron chi connectivity index (χ1n) is 9.10. The zero-order valence-corrected chi connectivity index (χ0v) is 15.8. The minimum Gasteiger partial charge on any atom is -0.368 e. The fourth-order valence-electron chi connectivity index (χ4n) is 2.71. The van der Waals surface area contributed by atoms with Crippen molar-refractivity contribution < 1.29 is 14.4 Å². The standard InChI is InChI=1S/C21H26N4O3/c1-14(22)20(27)25-18(13-16-10-6-3-7-11-16)21(28)24-17(19(23)26)12-15-8-4-2-5-9-15/h2-11,14,17-18H,12-13,22H2,1H3,(H2,23,26)(H,24,28)(H,25,27). The van der Waals surface area contributed by atoms with Gasteiger partial charge in [-0.05, 0) is 18.1 Å². The molecular formula is C21H26N4O3. The van der Waals surface area contributed by atoms with Crippen LogP contribution in [0.3, 0.4) is 0 Å². The van der Waals surface area contributed by atoms with E-state index < -0.39 is 35.8 Å². The van der Waals surface area contributed by atoms with Crippen molar-refractivity contribution in [1.29, 1.82) is 0 Å². The SMILES string of the molecule is CC(N)C(=O)NC(Cc1ccccc1)C(=O)NC(Cc1ccccc1)C(N)=O. The summed E-state index contributed by atoms with van der Waals surface area (Å²) in [7, 11) is 0. The molecule has 0 aliphatic carbocycles. The average molecular weight is 382 g/mol. The summed E-state index contributed by atoms with van der Waals surface area (Å²) in [6.07, 6.45) is 0.531. The number of hydrogen-bond acceptors (Lipinski definition) is 4. The Labute approximate surface area is 164 Å². The molecule has 3 unspecified atom stereocenters. The van der Waals surface area contributed by atoms with Crippen LogP contribution in [0.1, 0.15) is 18.1 Å². The lowest BCUT2D eigenvalue weighted by Gasteiger charge is -2.23. The third-order valence-electron chi connectivity index (χ3n) is 4.27. The molecule has 0 fully saturated rings. The van der Waals surface area contributed by atoms with Crippen LogP contribution in [-0.2, 0) is 27.2 Å². The molecule has 0 saturated heterocycles. The molecule has 7 nitrogen and oxygen atoms in total. The summed E-state index contributed by atoms with van der Waals surface area (Å²) in [5.41, 5.74) is 12.8. The Balaban J connectivity index is 2.14. The highest BCUT2D eigenvalue weighted by Crippen LogP contribution is 2.07. The average Bonchev–Trinajstić information content (AvgIpc) is 2.68. The highest BCUT2D eigenvalue weighted by Gasteiger charge is 2.26. The predicted octanol–water partition coefficient (Wildman–Crippen LogP) is 0.274. The van der Waals surface area contributed by atoms with Gasteiger partial charge >= 0.3 is 0 Å². The number of benzene rings is 2. The van der Waals surface area contributed by atoms with Crippen molar-refractivity contribution in [2.75, 3.05) is 0 Å². The minimum absolute atomic E-state index is 0.265. The molecule has 3 amide bonds. The van der Waals surface area contributed by atoms with Crippen LogP contribution < -0.4 is 22.1 Å². The third kappa shape index (κ3) is 6.51. The number of carbonyl (C=O) groups is 3. The van der Waals surface area contributed by atoms with E-state index in [9.17, 15) is 14.4 Å². The molecule has 0 aliphatic heterocycles. The van der Waals surface area contributed by atoms with Crippen LogP contribution in [0.15, 0.2) is 60.7 Å². The van der Waals surface area contributed by atoms with Gasteiger partial charge in [-0.2, -0.15) is 0 Å². The quantitative estimate of drug-likeness (QED) is 0.496. The van der Waals surface area contributed by atoms with E-state index in [4.69, 9.17) is 11.5 Å². The van der Waals surface area contributed by atoms with Gasteiger partial charge in [0, 0.05) is 12.8 Å². The summed E-state index contributed by atoms with van der Waals surface area (Å²) < 4.78 is 0. The highest BCUT2D eigenvalue weighted by molar-refractivity contribution is 5.92. The fourth-order valence-corrected chi connectivity index (χ4v) is 2.71. The lowest BCUT2D eigenvalue weighted by Crippen LogP contribution is -2.56. The van der Waals surface area contributed by atoms with Crippen LogP contribution in [0.5, 0.6) is 0 Å². The molecule has 0 saturated carbocycles. The normalized spacial score (nSPS) is 13.8. The van der Waals surface area contributed by atoms with Gasteiger partial charge in [0.25, 0.3) is 0 Å². The van der Waals surface area contributed by atoms with Gasteiger partial charge in [0.2, 0.25) is 17.7 Å². The van der Waals surface area contributed by atoms with E-state index in [1.807, 2.05) is 60.7 Å². The van der Waals surface area contributed by atoms with Gasteiger partial charge in [-0.3, -0.25) is 14.4 Å². The van der Waals surface area contributed by atoms with Gasteiger partial charge < -0.3 is 22.1 Å². The summed E-state index contributed by atoms with van der Waals surface area (Å²) in [6.45, 7) is 1.54. The number of nitrogens with one attached hydrogen (secondary N) is 2. The molecule has 2 rings (SSSR count). The van der Waals surface area contributed by atoms with E-state index in [1.165, 1.54) is 6.92 Å². The van der Waals surface area contributed by atoms with Gasteiger partial charge in [0.15, 0.2) is 0 Å². The Kier molecular flexibility index (Phi) is 7.71. The predicted molar refractivity (Wildman–Crippen MR) is 107 cm³/mol. The van der Waals surface area contributed by atoms with Crippen molar-refractivity contribution in [1.82, 2.24) is 10.6 Å². The number of primary amides is 1. The van der Waals surface area contributed by atoms with Crippen LogP contribution in [-0.4, -0.2) is 35.8 Å². The Morgan fingerprint density at radius 3 is 1.64 bits per heavy atom. The summed E-state index contributed by atoms with van der Waals surface area (Å²) in [5, 5.41) is 5.31. The van der Waals surface area contributed by atoms with E-state index in [1.54, 1.807) is 0 Å². The van der Waals surface area contributed by atoms with Crippen molar-refractivity contribution in [2.45, 2.75) is 37.9 Å².